The second-order valence-corrected chi connectivity index (χ2v) is 7.06. The number of benzene rings is 3. The lowest BCUT2D eigenvalue weighted by molar-refractivity contribution is -0.118. The van der Waals surface area contributed by atoms with Crippen LogP contribution in [0.25, 0.3) is 0 Å². The van der Waals surface area contributed by atoms with Gasteiger partial charge in [0.15, 0.2) is 6.61 Å². The molecule has 6 heteroatoms. The van der Waals surface area contributed by atoms with E-state index in [4.69, 9.17) is 27.9 Å². The zero-order valence-corrected chi connectivity index (χ0v) is 16.8. The average Bonchev–Trinajstić information content (AvgIpc) is 2.68. The molecular weight excluding hydrogens is 395 g/mol. The molecule has 0 unspecified atom stereocenters. The molecule has 0 saturated carbocycles. The zero-order valence-electron chi connectivity index (χ0n) is 15.3. The summed E-state index contributed by atoms with van der Waals surface area (Å²) in [4.78, 5) is 12.1. The van der Waals surface area contributed by atoms with Crippen LogP contribution in [-0.2, 0) is 11.3 Å². The zero-order chi connectivity index (χ0) is 19.9. The molecule has 2 N–H and O–H groups in total. The first-order valence-corrected chi connectivity index (χ1v) is 9.53. The van der Waals surface area contributed by atoms with Crippen molar-refractivity contribution in [2.45, 2.75) is 13.5 Å². The van der Waals surface area contributed by atoms with Crippen molar-refractivity contribution in [3.05, 3.63) is 87.9 Å². The molecule has 3 aromatic carbocycles. The lowest BCUT2D eigenvalue weighted by Gasteiger charge is -2.12. The van der Waals surface area contributed by atoms with Gasteiger partial charge in [-0.3, -0.25) is 4.79 Å². The lowest BCUT2D eigenvalue weighted by Crippen LogP contribution is -2.20. The van der Waals surface area contributed by atoms with Gasteiger partial charge in [-0.15, -0.1) is 0 Å². The van der Waals surface area contributed by atoms with E-state index in [9.17, 15) is 4.79 Å². The summed E-state index contributed by atoms with van der Waals surface area (Å²) in [5.41, 5.74) is 3.59. The molecule has 0 aromatic heterocycles. The molecule has 0 atom stereocenters. The van der Waals surface area contributed by atoms with Crippen LogP contribution in [0.2, 0.25) is 10.0 Å². The van der Waals surface area contributed by atoms with Crippen molar-refractivity contribution in [3.8, 4) is 5.75 Å². The third kappa shape index (κ3) is 5.41. The van der Waals surface area contributed by atoms with Gasteiger partial charge in [0.25, 0.3) is 5.91 Å². The molecule has 0 radical (unpaired) electrons. The SMILES string of the molecule is Cc1ccccc1NC(=O)COc1ccc(CNc2ccccc2Cl)cc1Cl. The summed E-state index contributed by atoms with van der Waals surface area (Å²) in [5, 5.41) is 7.20. The Balaban J connectivity index is 1.54. The summed E-state index contributed by atoms with van der Waals surface area (Å²) in [5.74, 6) is 0.220. The van der Waals surface area contributed by atoms with Gasteiger partial charge in [0.2, 0.25) is 0 Å². The molecule has 0 aliphatic carbocycles. The van der Waals surface area contributed by atoms with E-state index in [1.807, 2.05) is 61.5 Å². The Bertz CT molecular complexity index is 976. The molecule has 144 valence electrons. The Kier molecular flexibility index (Phi) is 6.80. The number of nitrogens with one attached hydrogen (secondary N) is 2. The first-order chi connectivity index (χ1) is 13.5. The van der Waals surface area contributed by atoms with E-state index >= 15 is 0 Å². The summed E-state index contributed by atoms with van der Waals surface area (Å²) < 4.78 is 5.56. The predicted octanol–water partition coefficient (Wildman–Crippen LogP) is 5.93. The number of anilines is 2. The summed E-state index contributed by atoms with van der Waals surface area (Å²) in [6, 6.07) is 20.6. The third-order valence-electron chi connectivity index (χ3n) is 4.13. The molecule has 0 bridgehead atoms. The van der Waals surface area contributed by atoms with E-state index < -0.39 is 0 Å². The number of carbonyl (C=O) groups is 1. The van der Waals surface area contributed by atoms with Crippen LogP contribution in [0.15, 0.2) is 66.7 Å². The maximum atomic E-state index is 12.1. The van der Waals surface area contributed by atoms with E-state index in [2.05, 4.69) is 10.6 Å². The number of para-hydroxylation sites is 2. The first-order valence-electron chi connectivity index (χ1n) is 8.78. The number of hydrogen-bond donors (Lipinski definition) is 2. The Morgan fingerprint density at radius 3 is 2.36 bits per heavy atom. The van der Waals surface area contributed by atoms with Crippen molar-refractivity contribution in [2.75, 3.05) is 17.2 Å². The van der Waals surface area contributed by atoms with Gasteiger partial charge in [-0.2, -0.15) is 0 Å². The Morgan fingerprint density at radius 1 is 0.929 bits per heavy atom. The number of ether oxygens (including phenoxy) is 1. The van der Waals surface area contributed by atoms with Crippen molar-refractivity contribution in [3.63, 3.8) is 0 Å². The van der Waals surface area contributed by atoms with E-state index in [1.165, 1.54) is 0 Å². The number of carbonyl (C=O) groups excluding carboxylic acids is 1. The smallest absolute Gasteiger partial charge is 0.262 e. The van der Waals surface area contributed by atoms with Crippen LogP contribution in [0.4, 0.5) is 11.4 Å². The van der Waals surface area contributed by atoms with Crippen LogP contribution >= 0.6 is 23.2 Å². The van der Waals surface area contributed by atoms with E-state index in [-0.39, 0.29) is 12.5 Å². The molecule has 0 heterocycles. The van der Waals surface area contributed by atoms with E-state index in [0.29, 0.717) is 22.3 Å². The van der Waals surface area contributed by atoms with Gasteiger partial charge in [-0.1, -0.05) is 59.6 Å². The Labute approximate surface area is 174 Å². The van der Waals surface area contributed by atoms with Gasteiger partial charge >= 0.3 is 0 Å². The monoisotopic (exact) mass is 414 g/mol. The molecule has 0 aliphatic rings. The predicted molar refractivity (Wildman–Crippen MR) is 116 cm³/mol. The second-order valence-electron chi connectivity index (χ2n) is 6.25. The molecule has 0 aliphatic heterocycles. The first kappa shape index (κ1) is 20.1. The maximum Gasteiger partial charge on any atom is 0.262 e. The fraction of sp³-hybridized carbons (Fsp3) is 0.136. The minimum atomic E-state index is -0.241. The molecule has 1 amide bonds. The minimum absolute atomic E-state index is 0.120. The highest BCUT2D eigenvalue weighted by molar-refractivity contribution is 6.33. The standard InChI is InChI=1S/C22H20Cl2N2O2/c1-15-6-2-4-8-19(15)26-22(27)14-28-21-11-10-16(12-18(21)24)13-25-20-9-5-3-7-17(20)23/h2-12,25H,13-14H2,1H3,(H,26,27). The van der Waals surface area contributed by atoms with Crippen LogP contribution in [0, 0.1) is 6.92 Å². The van der Waals surface area contributed by atoms with Gasteiger partial charge in [0.05, 0.1) is 15.7 Å². The quantitative estimate of drug-likeness (QED) is 0.503. The molecular formula is C22H20Cl2N2O2. The number of amides is 1. The molecule has 3 aromatic rings. The van der Waals surface area contributed by atoms with Crippen molar-refractivity contribution >= 4 is 40.5 Å². The van der Waals surface area contributed by atoms with Crippen molar-refractivity contribution in [1.29, 1.82) is 0 Å². The summed E-state index contributed by atoms with van der Waals surface area (Å²) in [6.07, 6.45) is 0. The molecule has 3 rings (SSSR count). The topological polar surface area (TPSA) is 50.4 Å². The van der Waals surface area contributed by atoms with Crippen molar-refractivity contribution in [1.82, 2.24) is 0 Å². The number of rotatable bonds is 7. The lowest BCUT2D eigenvalue weighted by atomic mass is 10.2. The highest BCUT2D eigenvalue weighted by Crippen LogP contribution is 2.27. The highest BCUT2D eigenvalue weighted by Gasteiger charge is 2.09. The average molecular weight is 415 g/mol. The van der Waals surface area contributed by atoms with Crippen LogP contribution < -0.4 is 15.4 Å². The third-order valence-corrected chi connectivity index (χ3v) is 4.76. The van der Waals surface area contributed by atoms with Crippen LogP contribution in [0.3, 0.4) is 0 Å². The largest absolute Gasteiger partial charge is 0.482 e. The fourth-order valence-electron chi connectivity index (χ4n) is 2.62. The summed E-state index contributed by atoms with van der Waals surface area (Å²) in [6.45, 7) is 2.38. The van der Waals surface area contributed by atoms with Gasteiger partial charge < -0.3 is 15.4 Å². The van der Waals surface area contributed by atoms with Gasteiger partial charge in [-0.05, 0) is 48.4 Å². The number of halogens is 2. The highest BCUT2D eigenvalue weighted by atomic mass is 35.5. The van der Waals surface area contributed by atoms with Crippen molar-refractivity contribution in [2.24, 2.45) is 0 Å². The Hall–Kier alpha value is -2.69. The molecule has 0 fully saturated rings. The number of aryl methyl sites for hydroxylation is 1. The normalized spacial score (nSPS) is 10.4. The number of hydrogen-bond acceptors (Lipinski definition) is 3. The van der Waals surface area contributed by atoms with Crippen LogP contribution in [0.5, 0.6) is 5.75 Å². The molecule has 0 spiro atoms. The van der Waals surface area contributed by atoms with Crippen molar-refractivity contribution < 1.29 is 9.53 Å². The maximum absolute atomic E-state index is 12.1. The van der Waals surface area contributed by atoms with E-state index in [0.717, 1.165) is 22.5 Å². The summed E-state index contributed by atoms with van der Waals surface area (Å²) in [7, 11) is 0. The molecule has 0 saturated heterocycles. The molecule has 4 nitrogen and oxygen atoms in total. The fourth-order valence-corrected chi connectivity index (χ4v) is 3.08. The van der Waals surface area contributed by atoms with Crippen LogP contribution in [-0.4, -0.2) is 12.5 Å². The van der Waals surface area contributed by atoms with Gasteiger partial charge in [0, 0.05) is 12.2 Å². The van der Waals surface area contributed by atoms with E-state index in [1.54, 1.807) is 12.1 Å². The minimum Gasteiger partial charge on any atom is -0.482 e. The van der Waals surface area contributed by atoms with Crippen LogP contribution in [0.1, 0.15) is 11.1 Å². The summed E-state index contributed by atoms with van der Waals surface area (Å²) >= 11 is 12.4. The Morgan fingerprint density at radius 2 is 1.64 bits per heavy atom. The van der Waals surface area contributed by atoms with Gasteiger partial charge in [0.1, 0.15) is 5.75 Å². The second kappa shape index (κ2) is 9.49. The molecule has 28 heavy (non-hydrogen) atoms. The van der Waals surface area contributed by atoms with Gasteiger partial charge in [-0.25, -0.2) is 0 Å².